The van der Waals surface area contributed by atoms with E-state index in [4.69, 9.17) is 15.2 Å². The van der Waals surface area contributed by atoms with E-state index in [1.165, 1.54) is 0 Å². The van der Waals surface area contributed by atoms with E-state index in [-0.39, 0.29) is 12.6 Å². The van der Waals surface area contributed by atoms with Crippen molar-refractivity contribution < 1.29 is 14.3 Å². The highest BCUT2D eigenvalue weighted by Crippen LogP contribution is 2.26. The molecule has 0 fully saturated rings. The molecule has 0 aliphatic carbocycles. The number of rotatable bonds is 6. The van der Waals surface area contributed by atoms with Crippen LogP contribution < -0.4 is 10.5 Å². The molecule has 0 atom stereocenters. The molecule has 0 amide bonds. The van der Waals surface area contributed by atoms with E-state index in [0.717, 1.165) is 15.4 Å². The number of nitrogens with two attached hydrogens (primary N) is 1. The van der Waals surface area contributed by atoms with Gasteiger partial charge in [0.15, 0.2) is 6.61 Å². The highest BCUT2D eigenvalue weighted by Gasteiger charge is 2.06. The van der Waals surface area contributed by atoms with Gasteiger partial charge in [-0.15, -0.1) is 11.3 Å². The molecule has 1 aromatic heterocycles. The predicted octanol–water partition coefficient (Wildman–Crippen LogP) is 2.21. The lowest BCUT2D eigenvalue weighted by Gasteiger charge is -2.06. The van der Waals surface area contributed by atoms with Crippen molar-refractivity contribution in [3.05, 3.63) is 35.3 Å². The standard InChI is InChI=1S/C14H16N2O3S/c1-2-18-13(17)9-19-11-5-3-10(4-6-11)14-16-8-12(7-15)20-14/h3-6,8H,2,7,9,15H2,1H3. The second kappa shape index (κ2) is 7.02. The summed E-state index contributed by atoms with van der Waals surface area (Å²) in [4.78, 5) is 16.5. The quantitative estimate of drug-likeness (QED) is 0.826. The van der Waals surface area contributed by atoms with Gasteiger partial charge in [0.2, 0.25) is 0 Å². The third-order valence-corrected chi connectivity index (χ3v) is 3.59. The van der Waals surface area contributed by atoms with Crippen molar-refractivity contribution >= 4 is 17.3 Å². The lowest BCUT2D eigenvalue weighted by molar-refractivity contribution is -0.145. The highest BCUT2D eigenvalue weighted by molar-refractivity contribution is 7.15. The fraction of sp³-hybridized carbons (Fsp3) is 0.286. The van der Waals surface area contributed by atoms with E-state index in [2.05, 4.69) is 4.98 Å². The topological polar surface area (TPSA) is 74.4 Å². The number of carbonyl (C=O) groups excluding carboxylic acids is 1. The molecular formula is C14H16N2O3S. The maximum atomic E-state index is 11.2. The second-order valence-electron chi connectivity index (χ2n) is 3.95. The Labute approximate surface area is 121 Å². The summed E-state index contributed by atoms with van der Waals surface area (Å²) >= 11 is 1.57. The zero-order chi connectivity index (χ0) is 14.4. The van der Waals surface area contributed by atoms with Gasteiger partial charge in [0.25, 0.3) is 0 Å². The molecule has 6 heteroatoms. The van der Waals surface area contributed by atoms with Crippen molar-refractivity contribution in [3.63, 3.8) is 0 Å². The van der Waals surface area contributed by atoms with Gasteiger partial charge in [-0.05, 0) is 31.2 Å². The predicted molar refractivity (Wildman–Crippen MR) is 77.6 cm³/mol. The first-order chi connectivity index (χ1) is 9.72. The number of benzene rings is 1. The average molecular weight is 292 g/mol. The lowest BCUT2D eigenvalue weighted by Crippen LogP contribution is -2.14. The van der Waals surface area contributed by atoms with Crippen LogP contribution in [0, 0.1) is 0 Å². The molecule has 0 spiro atoms. The van der Waals surface area contributed by atoms with Gasteiger partial charge < -0.3 is 15.2 Å². The Morgan fingerprint density at radius 1 is 1.35 bits per heavy atom. The number of hydrogen-bond acceptors (Lipinski definition) is 6. The fourth-order valence-electron chi connectivity index (χ4n) is 1.57. The summed E-state index contributed by atoms with van der Waals surface area (Å²) in [5, 5.41) is 0.919. The third kappa shape index (κ3) is 3.79. The number of esters is 1. The molecule has 0 aliphatic heterocycles. The molecule has 5 nitrogen and oxygen atoms in total. The van der Waals surface area contributed by atoms with Crippen LogP contribution >= 0.6 is 11.3 Å². The summed E-state index contributed by atoms with van der Waals surface area (Å²) in [5.41, 5.74) is 6.56. The van der Waals surface area contributed by atoms with Crippen molar-refractivity contribution in [2.75, 3.05) is 13.2 Å². The Morgan fingerprint density at radius 3 is 2.70 bits per heavy atom. The summed E-state index contributed by atoms with van der Waals surface area (Å²) in [6.45, 7) is 2.53. The minimum absolute atomic E-state index is 0.0816. The van der Waals surface area contributed by atoms with Crippen LogP contribution in [0.2, 0.25) is 0 Å². The van der Waals surface area contributed by atoms with Crippen LogP contribution in [0.5, 0.6) is 5.75 Å². The van der Waals surface area contributed by atoms with E-state index in [0.29, 0.717) is 18.9 Å². The molecule has 0 unspecified atom stereocenters. The molecular weight excluding hydrogens is 276 g/mol. The van der Waals surface area contributed by atoms with E-state index in [9.17, 15) is 4.79 Å². The number of nitrogens with zero attached hydrogens (tertiary/aromatic N) is 1. The van der Waals surface area contributed by atoms with Gasteiger partial charge in [-0.2, -0.15) is 0 Å². The Morgan fingerprint density at radius 2 is 2.10 bits per heavy atom. The first-order valence-corrected chi connectivity index (χ1v) is 7.08. The largest absolute Gasteiger partial charge is 0.482 e. The van der Waals surface area contributed by atoms with Crippen LogP contribution in [-0.2, 0) is 16.1 Å². The van der Waals surface area contributed by atoms with E-state index < -0.39 is 0 Å². The number of aromatic nitrogens is 1. The van der Waals surface area contributed by atoms with E-state index >= 15 is 0 Å². The monoisotopic (exact) mass is 292 g/mol. The number of hydrogen-bond donors (Lipinski definition) is 1. The highest BCUT2D eigenvalue weighted by atomic mass is 32.1. The molecule has 0 radical (unpaired) electrons. The van der Waals surface area contributed by atoms with Gasteiger partial charge in [-0.1, -0.05) is 0 Å². The van der Waals surface area contributed by atoms with Gasteiger partial charge in [0.1, 0.15) is 10.8 Å². The molecule has 0 saturated heterocycles. The maximum Gasteiger partial charge on any atom is 0.344 e. The Balaban J connectivity index is 1.97. The molecule has 2 rings (SSSR count). The molecule has 1 aromatic carbocycles. The Bertz CT molecular complexity index is 566. The van der Waals surface area contributed by atoms with Gasteiger partial charge >= 0.3 is 5.97 Å². The van der Waals surface area contributed by atoms with Crippen LogP contribution in [0.1, 0.15) is 11.8 Å². The zero-order valence-corrected chi connectivity index (χ0v) is 12.0. The molecule has 2 N–H and O–H groups in total. The minimum Gasteiger partial charge on any atom is -0.482 e. The van der Waals surface area contributed by atoms with Crippen molar-refractivity contribution in [3.8, 4) is 16.3 Å². The van der Waals surface area contributed by atoms with E-state index in [1.54, 1.807) is 36.6 Å². The van der Waals surface area contributed by atoms with Crippen molar-refractivity contribution in [1.29, 1.82) is 0 Å². The summed E-state index contributed by atoms with van der Waals surface area (Å²) in [6, 6.07) is 7.41. The van der Waals surface area contributed by atoms with Crippen LogP contribution in [0.25, 0.3) is 10.6 Å². The molecule has 0 aliphatic rings. The smallest absolute Gasteiger partial charge is 0.344 e. The van der Waals surface area contributed by atoms with Crippen LogP contribution in [0.15, 0.2) is 30.5 Å². The SMILES string of the molecule is CCOC(=O)COc1ccc(-c2ncc(CN)s2)cc1. The Hall–Kier alpha value is -1.92. The van der Waals surface area contributed by atoms with Crippen LogP contribution in [0.3, 0.4) is 0 Å². The van der Waals surface area contributed by atoms with Gasteiger partial charge in [0, 0.05) is 23.2 Å². The summed E-state index contributed by atoms with van der Waals surface area (Å²) in [5.74, 6) is 0.251. The third-order valence-electron chi connectivity index (χ3n) is 2.52. The van der Waals surface area contributed by atoms with Crippen LogP contribution in [0.4, 0.5) is 0 Å². The molecule has 106 valence electrons. The number of thiazole rings is 1. The van der Waals surface area contributed by atoms with Crippen LogP contribution in [-0.4, -0.2) is 24.2 Å². The average Bonchev–Trinajstić information content (AvgIpc) is 2.95. The fourth-order valence-corrected chi connectivity index (χ4v) is 2.37. The van der Waals surface area contributed by atoms with E-state index in [1.807, 2.05) is 12.1 Å². The molecule has 20 heavy (non-hydrogen) atoms. The molecule has 2 aromatic rings. The molecule has 0 saturated carbocycles. The van der Waals surface area contributed by atoms with Gasteiger partial charge in [-0.25, -0.2) is 9.78 Å². The van der Waals surface area contributed by atoms with Crippen molar-refractivity contribution in [2.45, 2.75) is 13.5 Å². The van der Waals surface area contributed by atoms with Gasteiger partial charge in [0.05, 0.1) is 6.61 Å². The normalized spacial score (nSPS) is 10.3. The molecule has 0 bridgehead atoms. The number of carbonyl (C=O) groups is 1. The first-order valence-electron chi connectivity index (χ1n) is 6.26. The minimum atomic E-state index is -0.371. The lowest BCUT2D eigenvalue weighted by atomic mass is 10.2. The Kier molecular flexibility index (Phi) is 5.09. The first kappa shape index (κ1) is 14.5. The van der Waals surface area contributed by atoms with Crippen molar-refractivity contribution in [1.82, 2.24) is 4.98 Å². The van der Waals surface area contributed by atoms with Crippen molar-refractivity contribution in [2.24, 2.45) is 5.73 Å². The molecule has 1 heterocycles. The summed E-state index contributed by atoms with van der Waals surface area (Å²) < 4.78 is 10.1. The second-order valence-corrected chi connectivity index (χ2v) is 5.07. The number of ether oxygens (including phenoxy) is 2. The summed E-state index contributed by atoms with van der Waals surface area (Å²) in [7, 11) is 0. The zero-order valence-electron chi connectivity index (χ0n) is 11.2. The maximum absolute atomic E-state index is 11.2. The summed E-state index contributed by atoms with van der Waals surface area (Å²) in [6.07, 6.45) is 1.78. The van der Waals surface area contributed by atoms with Gasteiger partial charge in [-0.3, -0.25) is 0 Å².